The van der Waals surface area contributed by atoms with Crippen molar-refractivity contribution in [2.75, 3.05) is 14.1 Å². The summed E-state index contributed by atoms with van der Waals surface area (Å²) >= 11 is 0. The molecule has 4 heteroatoms. The van der Waals surface area contributed by atoms with Crippen LogP contribution in [0.1, 0.15) is 10.4 Å². The lowest BCUT2D eigenvalue weighted by Crippen LogP contribution is -2.12. The highest BCUT2D eigenvalue weighted by Crippen LogP contribution is 2.02. The molecular formula is C11H14N2O2. The Kier molecular flexibility index (Phi) is 3.44. The second kappa shape index (κ2) is 4.59. The smallest absolute Gasteiger partial charge is 0.234 e. The maximum Gasteiger partial charge on any atom is 0.234 e. The van der Waals surface area contributed by atoms with Crippen LogP contribution in [0.5, 0.6) is 0 Å². The zero-order valence-corrected chi connectivity index (χ0v) is 9.10. The Morgan fingerprint density at radius 3 is 2.53 bits per heavy atom. The third-order valence-electron chi connectivity index (χ3n) is 1.84. The minimum absolute atomic E-state index is 0.422. The second-order valence-electron chi connectivity index (χ2n) is 3.54. The van der Waals surface area contributed by atoms with E-state index in [2.05, 4.69) is 0 Å². The number of hydrogen-bond acceptors (Lipinski definition) is 3. The molecule has 0 atom stereocenters. The standard InChI is InChI=1S/C11H14N2O2/c1-12(2)6-5-10(14)11(15)9-4-7-13(3)8-9/h4-8H,1-3H3/b6-5+. The van der Waals surface area contributed by atoms with Gasteiger partial charge in [-0.2, -0.15) is 0 Å². The molecule has 0 amide bonds. The molecule has 0 aromatic carbocycles. The van der Waals surface area contributed by atoms with Crippen LogP contribution in [0.4, 0.5) is 0 Å². The second-order valence-corrected chi connectivity index (χ2v) is 3.54. The minimum Gasteiger partial charge on any atom is -0.383 e. The molecule has 1 heterocycles. The van der Waals surface area contributed by atoms with E-state index in [4.69, 9.17) is 0 Å². The largest absolute Gasteiger partial charge is 0.383 e. The van der Waals surface area contributed by atoms with Crippen LogP contribution in [0, 0.1) is 0 Å². The van der Waals surface area contributed by atoms with Crippen molar-refractivity contribution < 1.29 is 9.59 Å². The van der Waals surface area contributed by atoms with Crippen LogP contribution in [-0.2, 0) is 11.8 Å². The van der Waals surface area contributed by atoms with Crippen molar-refractivity contribution in [3.8, 4) is 0 Å². The van der Waals surface area contributed by atoms with Gasteiger partial charge in [0.05, 0.1) is 0 Å². The number of hydrogen-bond donors (Lipinski definition) is 0. The van der Waals surface area contributed by atoms with E-state index >= 15 is 0 Å². The van der Waals surface area contributed by atoms with E-state index in [1.807, 2.05) is 0 Å². The molecule has 0 spiro atoms. The van der Waals surface area contributed by atoms with Crippen LogP contribution >= 0.6 is 0 Å². The highest BCUT2D eigenvalue weighted by Gasteiger charge is 2.13. The van der Waals surface area contributed by atoms with Gasteiger partial charge < -0.3 is 9.47 Å². The summed E-state index contributed by atoms with van der Waals surface area (Å²) in [5, 5.41) is 0. The van der Waals surface area contributed by atoms with Gasteiger partial charge in [-0.1, -0.05) is 0 Å². The number of allylic oxidation sites excluding steroid dienone is 1. The number of Topliss-reactive ketones (excluding diaryl/α,β-unsaturated/α-hetero) is 1. The summed E-state index contributed by atoms with van der Waals surface area (Å²) < 4.78 is 1.73. The number of nitrogens with zero attached hydrogens (tertiary/aromatic N) is 2. The Morgan fingerprint density at radius 2 is 2.07 bits per heavy atom. The molecule has 1 rings (SSSR count). The monoisotopic (exact) mass is 206 g/mol. The van der Waals surface area contributed by atoms with Crippen LogP contribution in [0.3, 0.4) is 0 Å². The summed E-state index contributed by atoms with van der Waals surface area (Å²) in [4.78, 5) is 24.6. The van der Waals surface area contributed by atoms with Crippen LogP contribution in [0.2, 0.25) is 0 Å². The van der Waals surface area contributed by atoms with E-state index in [9.17, 15) is 9.59 Å². The summed E-state index contributed by atoms with van der Waals surface area (Å²) in [7, 11) is 5.38. The van der Waals surface area contributed by atoms with E-state index in [0.717, 1.165) is 0 Å². The Hall–Kier alpha value is -1.84. The lowest BCUT2D eigenvalue weighted by atomic mass is 10.1. The van der Waals surface area contributed by atoms with Gasteiger partial charge in [-0.15, -0.1) is 0 Å². The van der Waals surface area contributed by atoms with Crippen molar-refractivity contribution in [2.24, 2.45) is 7.05 Å². The van der Waals surface area contributed by atoms with Gasteiger partial charge >= 0.3 is 0 Å². The fourth-order valence-electron chi connectivity index (χ4n) is 1.07. The zero-order valence-electron chi connectivity index (χ0n) is 9.10. The molecule has 0 radical (unpaired) electrons. The Balaban J connectivity index is 2.74. The lowest BCUT2D eigenvalue weighted by Gasteiger charge is -2.01. The van der Waals surface area contributed by atoms with Crippen molar-refractivity contribution in [2.45, 2.75) is 0 Å². The molecule has 0 unspecified atom stereocenters. The SMILES string of the molecule is CN(C)/C=C/C(=O)C(=O)c1ccn(C)c1. The number of rotatable bonds is 4. The quantitative estimate of drug-likeness (QED) is 0.417. The number of carbonyl (C=O) groups excluding carboxylic acids is 2. The molecule has 0 aliphatic rings. The molecule has 0 saturated heterocycles. The lowest BCUT2D eigenvalue weighted by molar-refractivity contribution is -0.111. The van der Waals surface area contributed by atoms with E-state index < -0.39 is 11.6 Å². The number of ketones is 2. The first-order valence-corrected chi connectivity index (χ1v) is 4.56. The van der Waals surface area contributed by atoms with Gasteiger partial charge in [0.15, 0.2) is 0 Å². The first-order valence-electron chi connectivity index (χ1n) is 4.56. The van der Waals surface area contributed by atoms with Crippen LogP contribution < -0.4 is 0 Å². The first kappa shape index (κ1) is 11.2. The molecular weight excluding hydrogens is 192 g/mol. The maximum absolute atomic E-state index is 11.5. The molecule has 0 fully saturated rings. The van der Waals surface area contributed by atoms with Crippen molar-refractivity contribution in [3.63, 3.8) is 0 Å². The molecule has 80 valence electrons. The van der Waals surface area contributed by atoms with Gasteiger partial charge in [-0.25, -0.2) is 0 Å². The van der Waals surface area contributed by atoms with Crippen molar-refractivity contribution in [3.05, 3.63) is 36.3 Å². The van der Waals surface area contributed by atoms with Gasteiger partial charge in [0.2, 0.25) is 11.6 Å². The molecule has 4 nitrogen and oxygen atoms in total. The van der Waals surface area contributed by atoms with E-state index in [1.165, 1.54) is 6.08 Å². The molecule has 0 aliphatic heterocycles. The van der Waals surface area contributed by atoms with Crippen LogP contribution in [0.15, 0.2) is 30.7 Å². The number of carbonyl (C=O) groups is 2. The van der Waals surface area contributed by atoms with E-state index in [0.29, 0.717) is 5.56 Å². The summed E-state index contributed by atoms with van der Waals surface area (Å²) in [5.41, 5.74) is 0.422. The summed E-state index contributed by atoms with van der Waals surface area (Å²) in [6, 6.07) is 1.63. The molecule has 15 heavy (non-hydrogen) atoms. The molecule has 0 saturated carbocycles. The van der Waals surface area contributed by atoms with Crippen molar-refractivity contribution in [1.29, 1.82) is 0 Å². The summed E-state index contributed by atoms with van der Waals surface area (Å²) in [6.07, 6.45) is 6.19. The van der Waals surface area contributed by atoms with Gasteiger partial charge in [0, 0.05) is 51.4 Å². The topological polar surface area (TPSA) is 42.3 Å². The molecule has 1 aromatic heterocycles. The van der Waals surface area contributed by atoms with Crippen molar-refractivity contribution in [1.82, 2.24) is 9.47 Å². The molecule has 0 N–H and O–H groups in total. The van der Waals surface area contributed by atoms with Crippen molar-refractivity contribution >= 4 is 11.6 Å². The molecule has 0 bridgehead atoms. The number of aryl methyl sites for hydroxylation is 1. The predicted molar refractivity (Wildman–Crippen MR) is 57.6 cm³/mol. The third kappa shape index (κ3) is 3.09. The summed E-state index contributed by atoms with van der Waals surface area (Å²) in [5.74, 6) is -0.983. The third-order valence-corrected chi connectivity index (χ3v) is 1.84. The average Bonchev–Trinajstić information content (AvgIpc) is 2.60. The van der Waals surface area contributed by atoms with E-state index in [-0.39, 0.29) is 0 Å². The summed E-state index contributed by atoms with van der Waals surface area (Å²) in [6.45, 7) is 0. The zero-order chi connectivity index (χ0) is 11.4. The fourth-order valence-corrected chi connectivity index (χ4v) is 1.07. The first-order chi connectivity index (χ1) is 7.00. The average molecular weight is 206 g/mol. The Labute approximate surface area is 88.8 Å². The van der Waals surface area contributed by atoms with Gasteiger partial charge in [0.1, 0.15) is 0 Å². The fraction of sp³-hybridized carbons (Fsp3) is 0.273. The number of aromatic nitrogens is 1. The Bertz CT molecular complexity index is 402. The minimum atomic E-state index is -0.505. The van der Waals surface area contributed by atoms with Gasteiger partial charge in [-0.05, 0) is 6.07 Å². The van der Waals surface area contributed by atoms with Crippen LogP contribution in [0.25, 0.3) is 0 Å². The Morgan fingerprint density at radius 1 is 1.40 bits per heavy atom. The van der Waals surface area contributed by atoms with Gasteiger partial charge in [-0.3, -0.25) is 9.59 Å². The highest BCUT2D eigenvalue weighted by molar-refractivity contribution is 6.47. The maximum atomic E-state index is 11.5. The van der Waals surface area contributed by atoms with Crippen LogP contribution in [-0.4, -0.2) is 35.1 Å². The highest BCUT2D eigenvalue weighted by atomic mass is 16.2. The molecule has 0 aliphatic carbocycles. The molecule has 1 aromatic rings. The predicted octanol–water partition coefficient (Wildman–Crippen LogP) is 0.852. The van der Waals surface area contributed by atoms with Gasteiger partial charge in [0.25, 0.3) is 0 Å². The normalized spacial score (nSPS) is 10.6. The van der Waals surface area contributed by atoms with E-state index in [1.54, 1.807) is 55.3 Å².